The minimum Gasteiger partial charge on any atom is -0.371 e. The highest BCUT2D eigenvalue weighted by molar-refractivity contribution is 5.80. The Labute approximate surface area is 165 Å². The second kappa shape index (κ2) is 9.52. The van der Waals surface area contributed by atoms with Crippen LogP contribution in [0.25, 0.3) is 0 Å². The monoisotopic (exact) mass is 388 g/mol. The maximum atomic E-state index is 13.4. The fourth-order valence-corrected chi connectivity index (χ4v) is 3.23. The fourth-order valence-electron chi connectivity index (χ4n) is 3.23. The Balaban J connectivity index is 1.41. The van der Waals surface area contributed by atoms with Crippen LogP contribution in [0.1, 0.15) is 44.3 Å². The van der Waals surface area contributed by atoms with Gasteiger partial charge in [-0.25, -0.2) is 4.39 Å². The summed E-state index contributed by atoms with van der Waals surface area (Å²) in [7, 11) is 1.76. The first kappa shape index (κ1) is 20.1. The predicted octanol–water partition coefficient (Wildman–Crippen LogP) is 2.71. The van der Waals surface area contributed by atoms with Crippen LogP contribution in [0, 0.1) is 5.82 Å². The van der Waals surface area contributed by atoms with E-state index in [1.807, 2.05) is 19.9 Å². The van der Waals surface area contributed by atoms with Crippen LogP contribution in [-0.4, -0.2) is 48.8 Å². The normalized spacial score (nSPS) is 15.9. The molecule has 1 aromatic carbocycles. The van der Waals surface area contributed by atoms with Crippen LogP contribution < -0.4 is 15.5 Å². The predicted molar refractivity (Wildman–Crippen MR) is 108 cm³/mol. The van der Waals surface area contributed by atoms with Gasteiger partial charge in [0.15, 0.2) is 11.8 Å². The summed E-state index contributed by atoms with van der Waals surface area (Å²) < 4.78 is 18.7. The van der Waals surface area contributed by atoms with Gasteiger partial charge in [-0.1, -0.05) is 25.1 Å². The highest BCUT2D eigenvalue weighted by Gasteiger charge is 2.20. The van der Waals surface area contributed by atoms with Gasteiger partial charge in [-0.2, -0.15) is 4.98 Å². The summed E-state index contributed by atoms with van der Waals surface area (Å²) in [5, 5.41) is 10.7. The van der Waals surface area contributed by atoms with Crippen molar-refractivity contribution in [1.29, 1.82) is 0 Å². The summed E-state index contributed by atoms with van der Waals surface area (Å²) in [6, 6.07) is 7.13. The minimum atomic E-state index is -0.191. The lowest BCUT2D eigenvalue weighted by molar-refractivity contribution is 0.371. The molecule has 0 spiro atoms. The molecule has 2 aromatic rings. The molecule has 1 aromatic heterocycles. The maximum absolute atomic E-state index is 13.4. The smallest absolute Gasteiger partial charge is 0.228 e. The van der Waals surface area contributed by atoms with Crippen LogP contribution in [0.2, 0.25) is 0 Å². The van der Waals surface area contributed by atoms with Gasteiger partial charge in [0.25, 0.3) is 0 Å². The van der Waals surface area contributed by atoms with Crippen molar-refractivity contribution < 1.29 is 8.91 Å². The molecule has 0 radical (unpaired) electrons. The third kappa shape index (κ3) is 5.43. The molecule has 1 fully saturated rings. The van der Waals surface area contributed by atoms with Gasteiger partial charge in [0.2, 0.25) is 5.89 Å². The molecule has 152 valence electrons. The molecular formula is C20H29FN6O. The molecule has 0 unspecified atom stereocenters. The Morgan fingerprint density at radius 2 is 2.14 bits per heavy atom. The van der Waals surface area contributed by atoms with Crippen molar-refractivity contribution in [3.8, 4) is 0 Å². The summed E-state index contributed by atoms with van der Waals surface area (Å²) in [6.07, 6.45) is 2.59. The first-order valence-electron chi connectivity index (χ1n) is 9.85. The molecule has 8 heteroatoms. The number of rotatable bonds is 6. The van der Waals surface area contributed by atoms with Gasteiger partial charge in [0.1, 0.15) is 5.82 Å². The maximum Gasteiger partial charge on any atom is 0.228 e. The van der Waals surface area contributed by atoms with Crippen LogP contribution in [0.4, 0.5) is 10.1 Å². The number of anilines is 1. The number of nitrogens with zero attached hydrogens (tertiary/aromatic N) is 4. The van der Waals surface area contributed by atoms with Crippen molar-refractivity contribution in [2.24, 2.45) is 4.99 Å². The van der Waals surface area contributed by atoms with E-state index in [1.54, 1.807) is 19.2 Å². The molecule has 0 bridgehead atoms. The largest absolute Gasteiger partial charge is 0.371 e. The van der Waals surface area contributed by atoms with Gasteiger partial charge < -0.3 is 20.1 Å². The van der Waals surface area contributed by atoms with Gasteiger partial charge in [-0.05, 0) is 31.0 Å². The van der Waals surface area contributed by atoms with Crippen LogP contribution in [-0.2, 0) is 6.42 Å². The lowest BCUT2D eigenvalue weighted by Gasteiger charge is -2.34. The first-order valence-corrected chi connectivity index (χ1v) is 9.85. The van der Waals surface area contributed by atoms with E-state index in [4.69, 9.17) is 4.52 Å². The molecule has 2 heterocycles. The van der Waals surface area contributed by atoms with Crippen molar-refractivity contribution in [2.45, 2.75) is 45.1 Å². The van der Waals surface area contributed by atoms with E-state index in [-0.39, 0.29) is 11.7 Å². The summed E-state index contributed by atoms with van der Waals surface area (Å²) in [5.41, 5.74) is 0.946. The van der Waals surface area contributed by atoms with E-state index in [2.05, 4.69) is 30.7 Å². The van der Waals surface area contributed by atoms with Crippen LogP contribution in [0.5, 0.6) is 0 Å². The standard InChI is InChI=1S/C20H29FN6O/c1-14(2)19-25-18(28-26-19)7-10-23-20(22-3)24-16-8-11-27(12-9-16)17-6-4-5-15(21)13-17/h4-6,13-14,16H,7-12H2,1-3H3,(H2,22,23,24). The molecule has 7 nitrogen and oxygen atoms in total. The Bertz CT molecular complexity index is 783. The van der Waals surface area contributed by atoms with Crippen molar-refractivity contribution in [3.05, 3.63) is 41.8 Å². The van der Waals surface area contributed by atoms with E-state index < -0.39 is 0 Å². The number of nitrogens with one attached hydrogen (secondary N) is 2. The summed E-state index contributed by atoms with van der Waals surface area (Å²) in [4.78, 5) is 10.9. The third-order valence-electron chi connectivity index (χ3n) is 4.86. The second-order valence-electron chi connectivity index (χ2n) is 7.34. The average molecular weight is 388 g/mol. The number of hydrogen-bond acceptors (Lipinski definition) is 5. The molecular weight excluding hydrogens is 359 g/mol. The lowest BCUT2D eigenvalue weighted by Crippen LogP contribution is -2.49. The van der Waals surface area contributed by atoms with Crippen LogP contribution in [0.3, 0.4) is 0 Å². The molecule has 1 saturated heterocycles. The molecule has 0 amide bonds. The van der Waals surface area contributed by atoms with E-state index in [0.29, 0.717) is 24.9 Å². The zero-order valence-electron chi connectivity index (χ0n) is 16.8. The lowest BCUT2D eigenvalue weighted by atomic mass is 10.0. The van der Waals surface area contributed by atoms with Gasteiger partial charge in [0.05, 0.1) is 0 Å². The minimum absolute atomic E-state index is 0.191. The Morgan fingerprint density at radius 1 is 1.36 bits per heavy atom. The molecule has 3 rings (SSSR count). The van der Waals surface area contributed by atoms with Crippen molar-refractivity contribution in [1.82, 2.24) is 20.8 Å². The van der Waals surface area contributed by atoms with Crippen molar-refractivity contribution >= 4 is 11.6 Å². The molecule has 0 atom stereocenters. The van der Waals surface area contributed by atoms with Gasteiger partial charge in [-0.3, -0.25) is 4.99 Å². The number of benzene rings is 1. The average Bonchev–Trinajstić information content (AvgIpc) is 3.17. The van der Waals surface area contributed by atoms with Gasteiger partial charge >= 0.3 is 0 Å². The van der Waals surface area contributed by atoms with Crippen molar-refractivity contribution in [3.63, 3.8) is 0 Å². The third-order valence-corrected chi connectivity index (χ3v) is 4.86. The van der Waals surface area contributed by atoms with E-state index in [9.17, 15) is 4.39 Å². The number of aliphatic imine (C=N–C) groups is 1. The topological polar surface area (TPSA) is 78.6 Å². The highest BCUT2D eigenvalue weighted by atomic mass is 19.1. The summed E-state index contributed by atoms with van der Waals surface area (Å²) in [5.74, 6) is 2.22. The Kier molecular flexibility index (Phi) is 6.84. The van der Waals surface area contributed by atoms with E-state index in [0.717, 1.165) is 43.4 Å². The number of guanidine groups is 1. The molecule has 1 aliphatic rings. The number of aromatic nitrogens is 2. The molecule has 1 aliphatic heterocycles. The number of hydrogen-bond donors (Lipinski definition) is 2. The Hall–Kier alpha value is -2.64. The molecule has 0 saturated carbocycles. The first-order chi connectivity index (χ1) is 13.5. The highest BCUT2D eigenvalue weighted by Crippen LogP contribution is 2.20. The zero-order chi connectivity index (χ0) is 19.9. The van der Waals surface area contributed by atoms with Crippen molar-refractivity contribution in [2.75, 3.05) is 31.6 Å². The van der Waals surface area contributed by atoms with Gasteiger partial charge in [0, 0.05) is 50.7 Å². The Morgan fingerprint density at radius 3 is 2.79 bits per heavy atom. The van der Waals surface area contributed by atoms with Crippen LogP contribution in [0.15, 0.2) is 33.8 Å². The second-order valence-corrected chi connectivity index (χ2v) is 7.34. The zero-order valence-corrected chi connectivity index (χ0v) is 16.8. The summed E-state index contributed by atoms with van der Waals surface area (Å²) in [6.45, 7) is 6.52. The van der Waals surface area contributed by atoms with Gasteiger partial charge in [-0.15, -0.1) is 0 Å². The summed E-state index contributed by atoms with van der Waals surface area (Å²) >= 11 is 0. The fraction of sp³-hybridized carbons (Fsp3) is 0.550. The SMILES string of the molecule is CN=C(NCCc1nc(C(C)C)no1)NC1CCN(c2cccc(F)c2)CC1. The number of piperidine rings is 1. The molecule has 2 N–H and O–H groups in total. The van der Waals surface area contributed by atoms with Crippen LogP contribution >= 0.6 is 0 Å². The molecule has 28 heavy (non-hydrogen) atoms. The van der Waals surface area contributed by atoms with E-state index in [1.165, 1.54) is 6.07 Å². The van der Waals surface area contributed by atoms with E-state index >= 15 is 0 Å². The number of halogens is 1. The molecule has 0 aliphatic carbocycles. The quantitative estimate of drug-likeness (QED) is 0.585.